The third kappa shape index (κ3) is 5.52. The van der Waals surface area contributed by atoms with Gasteiger partial charge in [0, 0.05) is 19.6 Å². The largest absolute Gasteiger partial charge is 0.497 e. The van der Waals surface area contributed by atoms with Crippen LogP contribution in [-0.4, -0.2) is 52.5 Å². The quantitative estimate of drug-likeness (QED) is 0.616. The van der Waals surface area contributed by atoms with Crippen LogP contribution in [0.25, 0.3) is 0 Å². The maximum Gasteiger partial charge on any atom is 0.243 e. The molecule has 1 fully saturated rings. The first-order chi connectivity index (χ1) is 15.4. The lowest BCUT2D eigenvalue weighted by Gasteiger charge is -2.31. The molecular formula is C23H30N2O6S. The highest BCUT2D eigenvalue weighted by atomic mass is 32.2. The van der Waals surface area contributed by atoms with Crippen LogP contribution in [0, 0.1) is 5.92 Å². The molecule has 1 amide bonds. The summed E-state index contributed by atoms with van der Waals surface area (Å²) in [5.74, 6) is 1.28. The van der Waals surface area contributed by atoms with Gasteiger partial charge in [-0.1, -0.05) is 6.07 Å². The zero-order valence-electron chi connectivity index (χ0n) is 18.7. The van der Waals surface area contributed by atoms with Crippen molar-refractivity contribution in [1.29, 1.82) is 0 Å². The minimum Gasteiger partial charge on any atom is -0.497 e. The van der Waals surface area contributed by atoms with E-state index in [0.717, 1.165) is 5.56 Å². The molecule has 3 rings (SSSR count). The average Bonchev–Trinajstić information content (AvgIpc) is 2.83. The highest BCUT2D eigenvalue weighted by Gasteiger charge is 2.33. The first kappa shape index (κ1) is 23.9. The zero-order valence-corrected chi connectivity index (χ0v) is 19.5. The number of nitrogens with one attached hydrogen (secondary N) is 1. The Morgan fingerprint density at radius 2 is 1.84 bits per heavy atom. The highest BCUT2D eigenvalue weighted by molar-refractivity contribution is 7.89. The Kier molecular flexibility index (Phi) is 7.98. The number of amides is 1. The number of piperidine rings is 1. The maximum absolute atomic E-state index is 13.0. The Morgan fingerprint density at radius 3 is 2.50 bits per heavy atom. The number of carbonyl (C=O) groups is 1. The number of benzene rings is 2. The number of carbonyl (C=O) groups excluding carboxylic acids is 1. The molecule has 1 heterocycles. The van der Waals surface area contributed by atoms with Crippen LogP contribution in [0.2, 0.25) is 0 Å². The van der Waals surface area contributed by atoms with E-state index < -0.39 is 15.9 Å². The fraction of sp³-hybridized carbons (Fsp3) is 0.435. The predicted octanol–water partition coefficient (Wildman–Crippen LogP) is 2.82. The summed E-state index contributed by atoms with van der Waals surface area (Å²) >= 11 is 0. The summed E-state index contributed by atoms with van der Waals surface area (Å²) in [5, 5.41) is 2.92. The fourth-order valence-electron chi connectivity index (χ4n) is 3.70. The molecule has 8 nitrogen and oxygen atoms in total. The minimum atomic E-state index is -3.67. The van der Waals surface area contributed by atoms with E-state index in [1.54, 1.807) is 19.2 Å². The van der Waals surface area contributed by atoms with Crippen molar-refractivity contribution in [3.05, 3.63) is 48.0 Å². The van der Waals surface area contributed by atoms with Crippen molar-refractivity contribution in [1.82, 2.24) is 9.62 Å². The molecule has 1 aliphatic rings. The lowest BCUT2D eigenvalue weighted by Crippen LogP contribution is -2.45. The number of ether oxygens (including phenoxy) is 3. The van der Waals surface area contributed by atoms with Crippen molar-refractivity contribution in [2.45, 2.75) is 31.2 Å². The molecule has 2 aromatic rings. The molecule has 0 saturated carbocycles. The molecule has 1 unspecified atom stereocenters. The smallest absolute Gasteiger partial charge is 0.243 e. The molecule has 1 atom stereocenters. The number of sulfonamides is 1. The molecule has 0 aliphatic carbocycles. The van der Waals surface area contributed by atoms with Gasteiger partial charge in [-0.05, 0) is 61.7 Å². The molecule has 1 saturated heterocycles. The Balaban J connectivity index is 1.62. The standard InChI is InChI=1S/C23H30N2O6S/c1-4-31-21-12-7-17(14-22(21)30-3)15-24-23(26)18-6-5-13-25(16-18)32(27,28)20-10-8-19(29-2)9-11-20/h7-12,14,18H,4-6,13,15-16H2,1-3H3,(H,24,26). The van der Waals surface area contributed by atoms with Gasteiger partial charge >= 0.3 is 0 Å². The second-order valence-corrected chi connectivity index (χ2v) is 9.45. The van der Waals surface area contributed by atoms with Gasteiger partial charge in [-0.25, -0.2) is 8.42 Å². The van der Waals surface area contributed by atoms with Crippen LogP contribution in [-0.2, 0) is 21.4 Å². The summed E-state index contributed by atoms with van der Waals surface area (Å²) < 4.78 is 43.4. The predicted molar refractivity (Wildman–Crippen MR) is 120 cm³/mol. The van der Waals surface area contributed by atoms with Crippen LogP contribution in [0.3, 0.4) is 0 Å². The Morgan fingerprint density at radius 1 is 1.09 bits per heavy atom. The SMILES string of the molecule is CCOc1ccc(CNC(=O)C2CCCN(S(=O)(=O)c3ccc(OC)cc3)C2)cc1OC. The molecule has 32 heavy (non-hydrogen) atoms. The minimum absolute atomic E-state index is 0.160. The summed E-state index contributed by atoms with van der Waals surface area (Å²) in [7, 11) is -0.574. The van der Waals surface area contributed by atoms with Gasteiger partial charge in [-0.3, -0.25) is 4.79 Å². The third-order valence-corrected chi connectivity index (χ3v) is 7.33. The van der Waals surface area contributed by atoms with Gasteiger partial charge in [0.05, 0.1) is 31.6 Å². The number of methoxy groups -OCH3 is 2. The first-order valence-electron chi connectivity index (χ1n) is 10.6. The number of hydrogen-bond acceptors (Lipinski definition) is 6. The van der Waals surface area contributed by atoms with Crippen LogP contribution in [0.15, 0.2) is 47.4 Å². The van der Waals surface area contributed by atoms with E-state index in [2.05, 4.69) is 5.32 Å². The summed E-state index contributed by atoms with van der Waals surface area (Å²) in [6.07, 6.45) is 1.28. The molecule has 1 N–H and O–H groups in total. The molecule has 9 heteroatoms. The average molecular weight is 463 g/mol. The molecule has 1 aliphatic heterocycles. The molecule has 0 spiro atoms. The Hall–Kier alpha value is -2.78. The van der Waals surface area contributed by atoms with E-state index in [9.17, 15) is 13.2 Å². The van der Waals surface area contributed by atoms with Crippen LogP contribution >= 0.6 is 0 Å². The zero-order chi connectivity index (χ0) is 23.1. The van der Waals surface area contributed by atoms with Crippen molar-refractivity contribution < 1.29 is 27.4 Å². The second-order valence-electron chi connectivity index (χ2n) is 7.51. The molecule has 0 aromatic heterocycles. The first-order valence-corrected chi connectivity index (χ1v) is 12.0. The van der Waals surface area contributed by atoms with Crippen molar-refractivity contribution in [3.8, 4) is 17.2 Å². The van der Waals surface area contributed by atoms with Gasteiger partial charge in [0.2, 0.25) is 15.9 Å². The summed E-state index contributed by atoms with van der Waals surface area (Å²) in [5.41, 5.74) is 0.872. The molecule has 174 valence electrons. The van der Waals surface area contributed by atoms with Gasteiger partial charge in [-0.15, -0.1) is 0 Å². The molecule has 0 radical (unpaired) electrons. The van der Waals surface area contributed by atoms with E-state index in [1.807, 2.05) is 25.1 Å². The highest BCUT2D eigenvalue weighted by Crippen LogP contribution is 2.28. The lowest BCUT2D eigenvalue weighted by molar-refractivity contribution is -0.126. The molecular weight excluding hydrogens is 432 g/mol. The van der Waals surface area contributed by atoms with Crippen LogP contribution in [0.4, 0.5) is 0 Å². The van der Waals surface area contributed by atoms with Crippen LogP contribution < -0.4 is 19.5 Å². The van der Waals surface area contributed by atoms with Gasteiger partial charge < -0.3 is 19.5 Å². The van der Waals surface area contributed by atoms with E-state index in [-0.39, 0.29) is 17.3 Å². The van der Waals surface area contributed by atoms with Crippen LogP contribution in [0.5, 0.6) is 17.2 Å². The van der Waals surface area contributed by atoms with Crippen molar-refractivity contribution in [2.75, 3.05) is 33.9 Å². The number of rotatable bonds is 9. The molecule has 0 bridgehead atoms. The lowest BCUT2D eigenvalue weighted by atomic mass is 9.98. The fourth-order valence-corrected chi connectivity index (χ4v) is 5.23. The van der Waals surface area contributed by atoms with Gasteiger partial charge in [0.1, 0.15) is 5.75 Å². The topological polar surface area (TPSA) is 94.2 Å². The van der Waals surface area contributed by atoms with Crippen LogP contribution in [0.1, 0.15) is 25.3 Å². The van der Waals surface area contributed by atoms with E-state index >= 15 is 0 Å². The maximum atomic E-state index is 13.0. The van der Waals surface area contributed by atoms with Gasteiger partial charge in [0.25, 0.3) is 0 Å². The van der Waals surface area contributed by atoms with Gasteiger partial charge in [0.15, 0.2) is 11.5 Å². The van der Waals surface area contributed by atoms with Crippen molar-refractivity contribution in [3.63, 3.8) is 0 Å². The summed E-state index contributed by atoms with van der Waals surface area (Å²) in [6, 6.07) is 11.8. The summed E-state index contributed by atoms with van der Waals surface area (Å²) in [4.78, 5) is 13.0. The van der Waals surface area contributed by atoms with E-state index in [1.165, 1.54) is 23.5 Å². The van der Waals surface area contributed by atoms with E-state index in [4.69, 9.17) is 14.2 Å². The van der Waals surface area contributed by atoms with Crippen molar-refractivity contribution in [2.24, 2.45) is 5.92 Å². The second kappa shape index (κ2) is 10.7. The van der Waals surface area contributed by atoms with Gasteiger partial charge in [-0.2, -0.15) is 4.31 Å². The molecule has 2 aromatic carbocycles. The Labute approximate surface area is 189 Å². The third-order valence-electron chi connectivity index (χ3n) is 5.45. The summed E-state index contributed by atoms with van der Waals surface area (Å²) in [6.45, 7) is 3.31. The monoisotopic (exact) mass is 462 g/mol. The number of nitrogens with zero attached hydrogens (tertiary/aromatic N) is 1. The Bertz CT molecular complexity index is 1020. The van der Waals surface area contributed by atoms with Crippen molar-refractivity contribution >= 4 is 15.9 Å². The normalized spacial score (nSPS) is 16.9. The number of hydrogen-bond donors (Lipinski definition) is 1. The van der Waals surface area contributed by atoms with E-state index in [0.29, 0.717) is 49.8 Å².